The number of hydrogen-bond acceptors (Lipinski definition) is 4. The van der Waals surface area contributed by atoms with Crippen LogP contribution in [-0.2, 0) is 4.79 Å². The molecule has 122 valence electrons. The van der Waals surface area contributed by atoms with Crippen molar-refractivity contribution in [1.82, 2.24) is 4.98 Å². The molecule has 0 spiro atoms. The van der Waals surface area contributed by atoms with Gasteiger partial charge in [-0.15, -0.1) is 0 Å². The molecule has 0 atom stereocenters. The first-order chi connectivity index (χ1) is 11.7. The minimum absolute atomic E-state index is 0.124. The number of carbonyl (C=O) groups excluding carboxylic acids is 1. The Hall–Kier alpha value is -2.79. The van der Waals surface area contributed by atoms with Crippen molar-refractivity contribution < 1.29 is 9.53 Å². The van der Waals surface area contributed by atoms with Gasteiger partial charge in [-0.25, -0.2) is 0 Å². The summed E-state index contributed by atoms with van der Waals surface area (Å²) >= 11 is 6.05. The number of hydrogen-bond donors (Lipinski definition) is 2. The minimum atomic E-state index is -0.177. The molecule has 2 N–H and O–H groups in total. The molecule has 1 aromatic heterocycles. The van der Waals surface area contributed by atoms with Crippen molar-refractivity contribution in [3.8, 4) is 5.75 Å². The van der Waals surface area contributed by atoms with E-state index in [4.69, 9.17) is 16.3 Å². The van der Waals surface area contributed by atoms with Crippen LogP contribution in [0.5, 0.6) is 5.75 Å². The quantitative estimate of drug-likeness (QED) is 0.737. The Balaban J connectivity index is 1.66. The van der Waals surface area contributed by atoms with E-state index in [9.17, 15) is 4.79 Å². The number of fused-ring (bicyclic) bond motifs is 1. The van der Waals surface area contributed by atoms with Crippen LogP contribution in [0.25, 0.3) is 10.9 Å². The van der Waals surface area contributed by atoms with E-state index in [1.807, 2.05) is 30.3 Å². The second-order valence-electron chi connectivity index (χ2n) is 5.13. The predicted octanol–water partition coefficient (Wildman–Crippen LogP) is 3.95. The van der Waals surface area contributed by atoms with E-state index in [1.54, 1.807) is 31.5 Å². The fourth-order valence-corrected chi connectivity index (χ4v) is 2.63. The van der Waals surface area contributed by atoms with Gasteiger partial charge in [-0.1, -0.05) is 29.8 Å². The van der Waals surface area contributed by atoms with Crippen molar-refractivity contribution in [2.45, 2.75) is 0 Å². The Morgan fingerprint density at radius 2 is 2.04 bits per heavy atom. The maximum absolute atomic E-state index is 12.1. The Morgan fingerprint density at radius 3 is 2.83 bits per heavy atom. The van der Waals surface area contributed by atoms with E-state index in [1.165, 1.54) is 0 Å². The van der Waals surface area contributed by atoms with Crippen LogP contribution >= 0.6 is 11.6 Å². The molecule has 24 heavy (non-hydrogen) atoms. The molecule has 0 saturated carbocycles. The number of anilines is 2. The second-order valence-corrected chi connectivity index (χ2v) is 5.54. The molecule has 3 rings (SSSR count). The van der Waals surface area contributed by atoms with Crippen LogP contribution in [-0.4, -0.2) is 24.5 Å². The van der Waals surface area contributed by atoms with Crippen LogP contribution in [0.4, 0.5) is 11.4 Å². The molecule has 0 aliphatic carbocycles. The molecule has 0 radical (unpaired) electrons. The predicted molar refractivity (Wildman–Crippen MR) is 96.9 cm³/mol. The number of pyridine rings is 1. The summed E-state index contributed by atoms with van der Waals surface area (Å²) in [5, 5.41) is 7.37. The van der Waals surface area contributed by atoms with E-state index in [2.05, 4.69) is 15.6 Å². The van der Waals surface area contributed by atoms with Crippen LogP contribution in [0, 0.1) is 0 Å². The van der Waals surface area contributed by atoms with Crippen LogP contribution in [0.1, 0.15) is 0 Å². The topological polar surface area (TPSA) is 63.2 Å². The number of nitrogens with one attached hydrogen (secondary N) is 2. The van der Waals surface area contributed by atoms with Gasteiger partial charge in [-0.3, -0.25) is 9.78 Å². The molecule has 0 aliphatic heterocycles. The van der Waals surface area contributed by atoms with E-state index in [-0.39, 0.29) is 12.5 Å². The highest BCUT2D eigenvalue weighted by Crippen LogP contribution is 2.27. The first-order valence-corrected chi connectivity index (χ1v) is 7.76. The molecule has 0 saturated heterocycles. The van der Waals surface area contributed by atoms with E-state index in [0.717, 1.165) is 16.6 Å². The van der Waals surface area contributed by atoms with Crippen molar-refractivity contribution in [3.05, 3.63) is 59.8 Å². The highest BCUT2D eigenvalue weighted by molar-refractivity contribution is 6.32. The highest BCUT2D eigenvalue weighted by atomic mass is 35.5. The summed E-state index contributed by atoms with van der Waals surface area (Å²) < 4.78 is 5.09. The lowest BCUT2D eigenvalue weighted by molar-refractivity contribution is -0.114. The van der Waals surface area contributed by atoms with Gasteiger partial charge in [0.1, 0.15) is 5.75 Å². The fraction of sp³-hybridized carbons (Fsp3) is 0.111. The zero-order valence-corrected chi connectivity index (χ0v) is 13.8. The standard InChI is InChI=1S/C18H16ClN3O2/c1-24-16-8-7-13(10-14(16)19)22-17(23)11-21-15-6-2-4-12-5-3-9-20-18(12)15/h2-10,21H,11H2,1H3,(H,22,23). The first-order valence-electron chi connectivity index (χ1n) is 7.38. The van der Waals surface area contributed by atoms with Gasteiger partial charge in [0.25, 0.3) is 0 Å². The van der Waals surface area contributed by atoms with Crippen molar-refractivity contribution >= 4 is 39.8 Å². The van der Waals surface area contributed by atoms with Crippen molar-refractivity contribution in [1.29, 1.82) is 0 Å². The molecule has 6 heteroatoms. The summed E-state index contributed by atoms with van der Waals surface area (Å²) in [5.41, 5.74) is 2.26. The third-order valence-corrected chi connectivity index (χ3v) is 3.80. The lowest BCUT2D eigenvalue weighted by Gasteiger charge is -2.10. The molecule has 5 nitrogen and oxygen atoms in total. The number of para-hydroxylation sites is 1. The zero-order valence-electron chi connectivity index (χ0n) is 13.0. The smallest absolute Gasteiger partial charge is 0.243 e. The van der Waals surface area contributed by atoms with Gasteiger partial charge in [-0.05, 0) is 30.3 Å². The number of methoxy groups -OCH3 is 1. The van der Waals surface area contributed by atoms with Gasteiger partial charge in [0, 0.05) is 17.3 Å². The largest absolute Gasteiger partial charge is 0.495 e. The van der Waals surface area contributed by atoms with Crippen molar-refractivity contribution in [3.63, 3.8) is 0 Å². The summed E-state index contributed by atoms with van der Waals surface area (Å²) in [7, 11) is 1.54. The normalized spacial score (nSPS) is 10.4. The van der Waals surface area contributed by atoms with Gasteiger partial charge in [0.15, 0.2) is 0 Å². The Labute approximate surface area is 144 Å². The number of halogens is 1. The highest BCUT2D eigenvalue weighted by Gasteiger charge is 2.07. The van der Waals surface area contributed by atoms with Gasteiger partial charge in [-0.2, -0.15) is 0 Å². The number of aromatic nitrogens is 1. The summed E-state index contributed by atoms with van der Waals surface area (Å²) in [5.74, 6) is 0.388. The minimum Gasteiger partial charge on any atom is -0.495 e. The molecule has 0 fully saturated rings. The molecule has 2 aromatic carbocycles. The third kappa shape index (κ3) is 3.58. The van der Waals surface area contributed by atoms with E-state index in [0.29, 0.717) is 16.5 Å². The van der Waals surface area contributed by atoms with E-state index >= 15 is 0 Å². The number of ether oxygens (including phenoxy) is 1. The number of nitrogens with zero attached hydrogens (tertiary/aromatic N) is 1. The summed E-state index contributed by atoms with van der Waals surface area (Å²) in [6, 6.07) is 14.8. The van der Waals surface area contributed by atoms with Crippen LogP contribution < -0.4 is 15.4 Å². The lowest BCUT2D eigenvalue weighted by atomic mass is 10.2. The summed E-state index contributed by atoms with van der Waals surface area (Å²) in [6.45, 7) is 0.124. The van der Waals surface area contributed by atoms with Crippen LogP contribution in [0.15, 0.2) is 54.7 Å². The number of carbonyl (C=O) groups is 1. The lowest BCUT2D eigenvalue weighted by Crippen LogP contribution is -2.21. The van der Waals surface area contributed by atoms with Gasteiger partial charge >= 0.3 is 0 Å². The maximum Gasteiger partial charge on any atom is 0.243 e. The number of benzene rings is 2. The van der Waals surface area contributed by atoms with Crippen molar-refractivity contribution in [2.24, 2.45) is 0 Å². The zero-order chi connectivity index (χ0) is 16.9. The molecular weight excluding hydrogens is 326 g/mol. The monoisotopic (exact) mass is 341 g/mol. The summed E-state index contributed by atoms with van der Waals surface area (Å²) in [6.07, 6.45) is 1.73. The third-order valence-electron chi connectivity index (χ3n) is 3.51. The average molecular weight is 342 g/mol. The number of amides is 1. The molecule has 0 aliphatic rings. The molecule has 3 aromatic rings. The Kier molecular flexibility index (Phi) is 4.82. The molecule has 0 bridgehead atoms. The van der Waals surface area contributed by atoms with Crippen molar-refractivity contribution in [2.75, 3.05) is 24.3 Å². The first kappa shape index (κ1) is 16.1. The van der Waals surface area contributed by atoms with Gasteiger partial charge < -0.3 is 15.4 Å². The molecule has 0 unspecified atom stereocenters. The molecular formula is C18H16ClN3O2. The van der Waals surface area contributed by atoms with Gasteiger partial charge in [0.2, 0.25) is 5.91 Å². The fourth-order valence-electron chi connectivity index (χ4n) is 2.37. The molecule has 1 amide bonds. The van der Waals surface area contributed by atoms with E-state index < -0.39 is 0 Å². The summed E-state index contributed by atoms with van der Waals surface area (Å²) in [4.78, 5) is 16.5. The average Bonchev–Trinajstić information content (AvgIpc) is 2.60. The molecule has 1 heterocycles. The SMILES string of the molecule is COc1ccc(NC(=O)CNc2cccc3cccnc23)cc1Cl. The Bertz CT molecular complexity index is 878. The van der Waals surface area contributed by atoms with Gasteiger partial charge in [0.05, 0.1) is 29.9 Å². The number of rotatable bonds is 5. The second kappa shape index (κ2) is 7.19. The maximum atomic E-state index is 12.1. The Morgan fingerprint density at radius 1 is 1.21 bits per heavy atom. The van der Waals surface area contributed by atoms with Crippen LogP contribution in [0.3, 0.4) is 0 Å². The van der Waals surface area contributed by atoms with Crippen LogP contribution in [0.2, 0.25) is 5.02 Å².